The van der Waals surface area contributed by atoms with Gasteiger partial charge in [0, 0.05) is 39.9 Å². The number of ether oxygens (including phenoxy) is 2. The number of halogens is 3. The number of hydrogen-bond donors (Lipinski definition) is 0. The number of nitrogens with zero attached hydrogens (tertiary/aromatic N) is 2. The maximum Gasteiger partial charge on any atom is 0.339 e. The maximum atomic E-state index is 15.0. The zero-order chi connectivity index (χ0) is 31.8. The van der Waals surface area contributed by atoms with Crippen LogP contribution in [0.1, 0.15) is 79.9 Å². The first-order valence-corrected chi connectivity index (χ1v) is 16.4. The summed E-state index contributed by atoms with van der Waals surface area (Å²) in [5, 5.41) is 0.537. The van der Waals surface area contributed by atoms with Gasteiger partial charge in [-0.05, 0) is 73.2 Å². The van der Waals surface area contributed by atoms with E-state index in [1.807, 2.05) is 34.9 Å². The molecule has 1 unspecified atom stereocenters. The van der Waals surface area contributed by atoms with Gasteiger partial charge in [0.15, 0.2) is 5.60 Å². The summed E-state index contributed by atoms with van der Waals surface area (Å²) in [6.45, 7) is 8.28. The Hall–Kier alpha value is -2.65. The molecule has 5 rings (SSSR count). The number of pyridine rings is 1. The normalized spacial score (nSPS) is 23.0. The molecular formula is C34H37Cl2FN2O4S. The molecule has 0 bridgehead atoms. The Bertz CT molecular complexity index is 1530. The van der Waals surface area contributed by atoms with E-state index in [1.165, 1.54) is 25.4 Å². The molecular weight excluding hydrogens is 622 g/mol. The van der Waals surface area contributed by atoms with E-state index in [4.69, 9.17) is 32.7 Å². The Labute approximate surface area is 272 Å². The van der Waals surface area contributed by atoms with Crippen LogP contribution in [0.5, 0.6) is 0 Å². The molecule has 44 heavy (non-hydrogen) atoms. The summed E-state index contributed by atoms with van der Waals surface area (Å²) in [5.74, 6) is -0.211. The highest BCUT2D eigenvalue weighted by atomic mass is 35.5. The lowest BCUT2D eigenvalue weighted by molar-refractivity contribution is -0.202. The second-order valence-electron chi connectivity index (χ2n) is 12.7. The molecule has 0 spiro atoms. The fourth-order valence-corrected chi connectivity index (χ4v) is 7.17. The number of benzene rings is 2. The Kier molecular flexibility index (Phi) is 9.66. The molecule has 1 amide bonds. The first-order chi connectivity index (χ1) is 20.8. The lowest BCUT2D eigenvalue weighted by atomic mass is 9.85. The molecule has 234 valence electrons. The van der Waals surface area contributed by atoms with Gasteiger partial charge >= 0.3 is 5.97 Å². The van der Waals surface area contributed by atoms with Gasteiger partial charge in [-0.25, -0.2) is 9.18 Å². The predicted octanol–water partition coefficient (Wildman–Crippen LogP) is 8.27. The van der Waals surface area contributed by atoms with E-state index in [0.29, 0.717) is 27.8 Å². The molecule has 0 radical (unpaired) electrons. The van der Waals surface area contributed by atoms with Crippen molar-refractivity contribution in [1.29, 1.82) is 0 Å². The average Bonchev–Trinajstić information content (AvgIpc) is 3.82. The number of thioether (sulfide) groups is 1. The summed E-state index contributed by atoms with van der Waals surface area (Å²) >= 11 is 14.4. The standard InChI is InChI=1S/C34H37Cl2FN2O4S/c1-33(2,3)44-19-28(20-9-10-20)39-29(21-12-14-26(36)27(37)16-21)30(22-7-6-8-24(35)15-22)43-34(4,32(39)41)17-25-13-11-23(18-38-25)31(40)42-5/h6-8,11-16,18,20,28-30H,9-10,17,19H2,1-5H3/t28?,29-,30-,34-/m1/s1. The van der Waals surface area contributed by atoms with Crippen LogP contribution in [0.3, 0.4) is 0 Å². The summed E-state index contributed by atoms with van der Waals surface area (Å²) in [7, 11) is 1.31. The zero-order valence-electron chi connectivity index (χ0n) is 25.5. The van der Waals surface area contributed by atoms with Crippen LogP contribution in [-0.4, -0.2) is 51.0 Å². The van der Waals surface area contributed by atoms with Gasteiger partial charge < -0.3 is 14.4 Å². The third-order valence-corrected chi connectivity index (χ3v) is 10.0. The monoisotopic (exact) mass is 658 g/mol. The quantitative estimate of drug-likeness (QED) is 0.216. The Balaban J connectivity index is 1.64. The van der Waals surface area contributed by atoms with Crippen LogP contribution in [0.15, 0.2) is 60.8 Å². The van der Waals surface area contributed by atoms with Crippen molar-refractivity contribution in [3.05, 3.63) is 99.0 Å². The average molecular weight is 660 g/mol. The Morgan fingerprint density at radius 1 is 1.16 bits per heavy atom. The number of rotatable bonds is 9. The van der Waals surface area contributed by atoms with Gasteiger partial charge in [-0.15, -0.1) is 0 Å². The highest BCUT2D eigenvalue weighted by molar-refractivity contribution is 8.00. The van der Waals surface area contributed by atoms with Crippen LogP contribution < -0.4 is 0 Å². The second-order valence-corrected chi connectivity index (χ2v) is 15.4. The number of aromatic nitrogens is 1. The van der Waals surface area contributed by atoms with Gasteiger partial charge in [0.2, 0.25) is 0 Å². The van der Waals surface area contributed by atoms with Gasteiger partial charge in [-0.2, -0.15) is 11.8 Å². The van der Waals surface area contributed by atoms with Crippen molar-refractivity contribution in [2.75, 3.05) is 12.9 Å². The molecule has 2 heterocycles. The van der Waals surface area contributed by atoms with Gasteiger partial charge in [0.1, 0.15) is 11.9 Å². The molecule has 2 aromatic carbocycles. The molecule has 1 saturated heterocycles. The molecule has 2 aliphatic rings. The molecule has 2 fully saturated rings. The molecule has 1 aromatic heterocycles. The van der Waals surface area contributed by atoms with Crippen LogP contribution in [-0.2, 0) is 20.7 Å². The highest BCUT2D eigenvalue weighted by Gasteiger charge is 2.55. The van der Waals surface area contributed by atoms with Gasteiger partial charge in [0.25, 0.3) is 5.91 Å². The summed E-state index contributed by atoms with van der Waals surface area (Å²) in [5.41, 5.74) is 0.941. The maximum absolute atomic E-state index is 15.0. The lowest BCUT2D eigenvalue weighted by Gasteiger charge is -2.52. The number of amides is 1. The van der Waals surface area contributed by atoms with Crippen LogP contribution in [0.25, 0.3) is 0 Å². The second kappa shape index (κ2) is 13.0. The number of carbonyl (C=O) groups is 2. The third kappa shape index (κ3) is 7.25. The molecule has 1 aliphatic carbocycles. The third-order valence-electron chi connectivity index (χ3n) is 8.10. The fraction of sp³-hybridized carbons (Fsp3) is 0.441. The first kappa shape index (κ1) is 32.7. The fourth-order valence-electron chi connectivity index (χ4n) is 5.75. The number of hydrogen-bond acceptors (Lipinski definition) is 6. The predicted molar refractivity (Wildman–Crippen MR) is 173 cm³/mol. The molecule has 6 nitrogen and oxygen atoms in total. The molecule has 1 aliphatic heterocycles. The molecule has 3 aromatic rings. The van der Waals surface area contributed by atoms with Gasteiger partial charge in [-0.3, -0.25) is 9.78 Å². The molecule has 10 heteroatoms. The van der Waals surface area contributed by atoms with Crippen molar-refractivity contribution in [1.82, 2.24) is 9.88 Å². The van der Waals surface area contributed by atoms with Crippen molar-refractivity contribution >= 4 is 46.8 Å². The minimum atomic E-state index is -1.33. The smallest absolute Gasteiger partial charge is 0.339 e. The van der Waals surface area contributed by atoms with Crippen LogP contribution in [0.4, 0.5) is 4.39 Å². The number of methoxy groups -OCH3 is 1. The van der Waals surface area contributed by atoms with E-state index in [0.717, 1.165) is 24.2 Å². The molecule has 1 saturated carbocycles. The summed E-state index contributed by atoms with van der Waals surface area (Å²) < 4.78 is 26.7. The van der Waals surface area contributed by atoms with E-state index >= 15 is 4.39 Å². The van der Waals surface area contributed by atoms with Gasteiger partial charge in [0.05, 0.1) is 23.7 Å². The highest BCUT2D eigenvalue weighted by Crippen LogP contribution is 2.51. The SMILES string of the molecule is COC(=O)c1ccc(C[C@@]2(C)O[C@H](c3cccc(Cl)c3)[C@@H](c3ccc(Cl)c(F)c3)N(C(CSC(C)(C)C)C3CC3)C2=O)nc1. The minimum Gasteiger partial charge on any atom is -0.465 e. The molecule has 4 atom stereocenters. The lowest BCUT2D eigenvalue weighted by Crippen LogP contribution is -2.62. The van der Waals surface area contributed by atoms with Crippen molar-refractivity contribution < 1.29 is 23.5 Å². The van der Waals surface area contributed by atoms with E-state index in [9.17, 15) is 9.59 Å². The largest absolute Gasteiger partial charge is 0.465 e. The van der Waals surface area contributed by atoms with Crippen molar-refractivity contribution in [2.24, 2.45) is 5.92 Å². The van der Waals surface area contributed by atoms with E-state index in [1.54, 1.807) is 31.2 Å². The van der Waals surface area contributed by atoms with Crippen LogP contribution >= 0.6 is 35.0 Å². The van der Waals surface area contributed by atoms with E-state index in [-0.39, 0.29) is 28.1 Å². The Morgan fingerprint density at radius 3 is 2.50 bits per heavy atom. The molecule has 0 N–H and O–H groups in total. The summed E-state index contributed by atoms with van der Waals surface area (Å²) in [6.07, 6.45) is 2.95. The first-order valence-electron chi connectivity index (χ1n) is 14.7. The van der Waals surface area contributed by atoms with Gasteiger partial charge in [-0.1, -0.05) is 62.2 Å². The summed E-state index contributed by atoms with van der Waals surface area (Å²) in [6, 6.07) is 14.7. The van der Waals surface area contributed by atoms with E-state index < -0.39 is 29.5 Å². The Morgan fingerprint density at radius 2 is 1.91 bits per heavy atom. The van der Waals surface area contributed by atoms with Crippen LogP contribution in [0, 0.1) is 11.7 Å². The van der Waals surface area contributed by atoms with E-state index in [2.05, 4.69) is 25.8 Å². The van der Waals surface area contributed by atoms with Crippen molar-refractivity contribution in [3.63, 3.8) is 0 Å². The van der Waals surface area contributed by atoms with Crippen LogP contribution in [0.2, 0.25) is 10.0 Å². The van der Waals surface area contributed by atoms with Crippen molar-refractivity contribution in [2.45, 2.75) is 75.5 Å². The number of esters is 1. The number of carbonyl (C=O) groups excluding carboxylic acids is 2. The zero-order valence-corrected chi connectivity index (χ0v) is 27.8. The topological polar surface area (TPSA) is 68.7 Å². The summed E-state index contributed by atoms with van der Waals surface area (Å²) in [4.78, 5) is 33.3. The van der Waals surface area contributed by atoms with Crippen molar-refractivity contribution in [3.8, 4) is 0 Å². The number of morpholine rings is 1. The minimum absolute atomic E-state index is 0.0102.